The summed E-state index contributed by atoms with van der Waals surface area (Å²) in [7, 11) is -2.18. The molecule has 0 aliphatic rings. The third-order valence-corrected chi connectivity index (χ3v) is 5.79. The Hall–Kier alpha value is -2.25. The highest BCUT2D eigenvalue weighted by Crippen LogP contribution is 2.28. The van der Waals surface area contributed by atoms with Crippen molar-refractivity contribution in [3.63, 3.8) is 0 Å². The lowest BCUT2D eigenvalue weighted by Gasteiger charge is -2.28. The molecule has 146 valence electrons. The Balaban J connectivity index is 2.32. The largest absolute Gasteiger partial charge is 0.495 e. The van der Waals surface area contributed by atoms with Crippen LogP contribution in [0, 0.1) is 13.8 Å². The number of nitrogens with zero attached hydrogens (tertiary/aromatic N) is 1. The maximum absolute atomic E-state index is 12.7. The van der Waals surface area contributed by atoms with Crippen molar-refractivity contribution in [3.05, 3.63) is 52.5 Å². The Labute approximate surface area is 165 Å². The SMILES string of the molecule is COc1ccc(NC(=O)[C@@H](C)N(c2ccc(C)c(C)c2)S(C)(=O)=O)cc1Cl. The molecule has 8 heteroatoms. The Bertz CT molecular complexity index is 960. The van der Waals surface area contributed by atoms with Crippen molar-refractivity contribution in [3.8, 4) is 5.75 Å². The quantitative estimate of drug-likeness (QED) is 0.786. The first-order valence-electron chi connectivity index (χ1n) is 8.25. The summed E-state index contributed by atoms with van der Waals surface area (Å²) in [6, 6.07) is 9.13. The lowest BCUT2D eigenvalue weighted by molar-refractivity contribution is -0.116. The molecular weight excluding hydrogens is 388 g/mol. The van der Waals surface area contributed by atoms with Crippen LogP contribution in [0.2, 0.25) is 5.02 Å². The zero-order chi connectivity index (χ0) is 20.4. The summed E-state index contributed by atoms with van der Waals surface area (Å²) < 4.78 is 30.9. The summed E-state index contributed by atoms with van der Waals surface area (Å²) in [6.45, 7) is 5.37. The number of rotatable bonds is 6. The zero-order valence-electron chi connectivity index (χ0n) is 15.9. The van der Waals surface area contributed by atoms with Gasteiger partial charge in [0.15, 0.2) is 0 Å². The first kappa shape index (κ1) is 21.1. The first-order chi connectivity index (χ1) is 12.5. The standard InChI is InChI=1S/C19H23ClN2O4S/c1-12-6-8-16(10-13(12)2)22(27(5,24)25)14(3)19(23)21-15-7-9-18(26-4)17(20)11-15/h6-11,14H,1-5H3,(H,21,23)/t14-/m1/s1. The zero-order valence-corrected chi connectivity index (χ0v) is 17.5. The number of halogens is 1. The molecule has 1 N–H and O–H groups in total. The van der Waals surface area contributed by atoms with Crippen molar-refractivity contribution < 1.29 is 17.9 Å². The molecule has 2 rings (SSSR count). The van der Waals surface area contributed by atoms with Gasteiger partial charge in [-0.05, 0) is 62.2 Å². The van der Waals surface area contributed by atoms with Crippen molar-refractivity contribution >= 4 is 38.9 Å². The summed E-state index contributed by atoms with van der Waals surface area (Å²) >= 11 is 6.07. The van der Waals surface area contributed by atoms with Gasteiger partial charge in [-0.3, -0.25) is 9.10 Å². The predicted octanol–water partition coefficient (Wildman–Crippen LogP) is 3.76. The molecule has 27 heavy (non-hydrogen) atoms. The molecule has 0 unspecified atom stereocenters. The van der Waals surface area contributed by atoms with Gasteiger partial charge in [0, 0.05) is 5.69 Å². The number of nitrogens with one attached hydrogen (secondary N) is 1. The molecule has 0 saturated heterocycles. The van der Waals surface area contributed by atoms with Gasteiger partial charge >= 0.3 is 0 Å². The number of aryl methyl sites for hydroxylation is 2. The Morgan fingerprint density at radius 2 is 1.81 bits per heavy atom. The minimum absolute atomic E-state index is 0.345. The fourth-order valence-corrected chi connectivity index (χ4v) is 4.09. The smallest absolute Gasteiger partial charge is 0.247 e. The van der Waals surface area contributed by atoms with Crippen LogP contribution in [-0.4, -0.2) is 33.7 Å². The van der Waals surface area contributed by atoms with Gasteiger partial charge in [0.05, 0.1) is 24.1 Å². The van der Waals surface area contributed by atoms with E-state index in [1.54, 1.807) is 30.3 Å². The summed E-state index contributed by atoms with van der Waals surface area (Å²) in [5.74, 6) is 0.00972. The van der Waals surface area contributed by atoms with Crippen molar-refractivity contribution in [2.24, 2.45) is 0 Å². The van der Waals surface area contributed by atoms with Crippen LogP contribution in [0.1, 0.15) is 18.1 Å². The molecule has 2 aromatic rings. The lowest BCUT2D eigenvalue weighted by Crippen LogP contribution is -2.45. The fourth-order valence-electron chi connectivity index (χ4n) is 2.66. The van der Waals surface area contributed by atoms with E-state index in [9.17, 15) is 13.2 Å². The Kier molecular flexibility index (Phi) is 6.38. The number of carbonyl (C=O) groups excluding carboxylic acids is 1. The molecule has 6 nitrogen and oxygen atoms in total. The molecule has 0 aliphatic heterocycles. The van der Waals surface area contributed by atoms with Gasteiger partial charge in [-0.15, -0.1) is 0 Å². The Morgan fingerprint density at radius 3 is 2.33 bits per heavy atom. The molecule has 0 radical (unpaired) electrons. The average molecular weight is 411 g/mol. The van der Waals surface area contributed by atoms with Crippen LogP contribution in [0.5, 0.6) is 5.75 Å². The van der Waals surface area contributed by atoms with Crippen LogP contribution in [0.15, 0.2) is 36.4 Å². The highest BCUT2D eigenvalue weighted by atomic mass is 35.5. The summed E-state index contributed by atoms with van der Waals surface area (Å²) in [6.07, 6.45) is 1.08. The van der Waals surface area contributed by atoms with Gasteiger partial charge in [-0.2, -0.15) is 0 Å². The van der Waals surface area contributed by atoms with Crippen molar-refractivity contribution in [1.29, 1.82) is 0 Å². The highest BCUT2D eigenvalue weighted by molar-refractivity contribution is 7.92. The highest BCUT2D eigenvalue weighted by Gasteiger charge is 2.29. The van der Waals surface area contributed by atoms with E-state index in [1.165, 1.54) is 14.0 Å². The second kappa shape index (κ2) is 8.19. The Morgan fingerprint density at radius 1 is 1.15 bits per heavy atom. The van der Waals surface area contributed by atoms with E-state index >= 15 is 0 Å². The molecule has 0 spiro atoms. The number of hydrogen-bond acceptors (Lipinski definition) is 4. The molecule has 0 aliphatic carbocycles. The molecule has 0 bridgehead atoms. The van der Waals surface area contributed by atoms with Crippen LogP contribution < -0.4 is 14.4 Å². The van der Waals surface area contributed by atoms with E-state index in [4.69, 9.17) is 16.3 Å². The van der Waals surface area contributed by atoms with Gasteiger partial charge in [0.1, 0.15) is 11.8 Å². The van der Waals surface area contributed by atoms with Gasteiger partial charge in [0.2, 0.25) is 15.9 Å². The molecule has 0 aromatic heterocycles. The van der Waals surface area contributed by atoms with Gasteiger partial charge in [0.25, 0.3) is 0 Å². The van der Waals surface area contributed by atoms with Crippen molar-refractivity contribution in [2.75, 3.05) is 23.0 Å². The number of methoxy groups -OCH3 is 1. The molecule has 2 aromatic carbocycles. The molecule has 0 fully saturated rings. The van der Waals surface area contributed by atoms with E-state index in [0.29, 0.717) is 22.1 Å². The molecule has 0 saturated carbocycles. The number of amides is 1. The number of hydrogen-bond donors (Lipinski definition) is 1. The third kappa shape index (κ3) is 4.93. The number of anilines is 2. The number of sulfonamides is 1. The van der Waals surface area contributed by atoms with Crippen LogP contribution in [0.4, 0.5) is 11.4 Å². The molecular formula is C19H23ClN2O4S. The predicted molar refractivity (Wildman–Crippen MR) is 109 cm³/mol. The summed E-state index contributed by atoms with van der Waals surface area (Å²) in [4.78, 5) is 12.7. The number of ether oxygens (including phenoxy) is 1. The monoisotopic (exact) mass is 410 g/mol. The van der Waals surface area contributed by atoms with Gasteiger partial charge < -0.3 is 10.1 Å². The second-order valence-electron chi connectivity index (χ2n) is 6.34. The topological polar surface area (TPSA) is 75.7 Å². The van der Waals surface area contributed by atoms with Crippen LogP contribution in [0.25, 0.3) is 0 Å². The second-order valence-corrected chi connectivity index (χ2v) is 8.61. The van der Waals surface area contributed by atoms with E-state index < -0.39 is 22.0 Å². The van der Waals surface area contributed by atoms with Crippen molar-refractivity contribution in [2.45, 2.75) is 26.8 Å². The lowest BCUT2D eigenvalue weighted by atomic mass is 10.1. The van der Waals surface area contributed by atoms with Crippen LogP contribution >= 0.6 is 11.6 Å². The van der Waals surface area contributed by atoms with Gasteiger partial charge in [-0.25, -0.2) is 8.42 Å². The first-order valence-corrected chi connectivity index (χ1v) is 10.5. The normalized spacial score (nSPS) is 12.4. The summed E-state index contributed by atoms with van der Waals surface area (Å²) in [5.41, 5.74) is 2.87. The number of carbonyl (C=O) groups is 1. The third-order valence-electron chi connectivity index (χ3n) is 4.25. The minimum Gasteiger partial charge on any atom is -0.495 e. The van der Waals surface area contributed by atoms with Gasteiger partial charge in [-0.1, -0.05) is 17.7 Å². The average Bonchev–Trinajstić information content (AvgIpc) is 2.57. The summed E-state index contributed by atoms with van der Waals surface area (Å²) in [5, 5.41) is 3.04. The van der Waals surface area contributed by atoms with E-state index in [-0.39, 0.29) is 0 Å². The van der Waals surface area contributed by atoms with Crippen LogP contribution in [0.3, 0.4) is 0 Å². The number of benzene rings is 2. The maximum atomic E-state index is 12.7. The molecule has 0 heterocycles. The van der Waals surface area contributed by atoms with Crippen LogP contribution in [-0.2, 0) is 14.8 Å². The van der Waals surface area contributed by atoms with E-state index in [2.05, 4.69) is 5.32 Å². The molecule has 1 atom stereocenters. The minimum atomic E-state index is -3.68. The fraction of sp³-hybridized carbons (Fsp3) is 0.316. The van der Waals surface area contributed by atoms with Crippen molar-refractivity contribution in [1.82, 2.24) is 0 Å². The molecule has 1 amide bonds. The van der Waals surface area contributed by atoms with E-state index in [1.807, 2.05) is 19.9 Å². The maximum Gasteiger partial charge on any atom is 0.247 e. The van der Waals surface area contributed by atoms with E-state index in [0.717, 1.165) is 21.7 Å².